The van der Waals surface area contributed by atoms with Crippen molar-refractivity contribution < 1.29 is 4.74 Å². The Morgan fingerprint density at radius 1 is 1.50 bits per heavy atom. The molecule has 1 saturated heterocycles. The van der Waals surface area contributed by atoms with Crippen LogP contribution in [0.5, 0.6) is 0 Å². The molecule has 0 amide bonds. The highest BCUT2D eigenvalue weighted by molar-refractivity contribution is 5.27. The molecule has 0 spiro atoms. The van der Waals surface area contributed by atoms with Crippen LogP contribution in [0.25, 0.3) is 0 Å². The average molecular weight is 275 g/mol. The summed E-state index contributed by atoms with van der Waals surface area (Å²) in [6.45, 7) is 2.87. The second-order valence-electron chi connectivity index (χ2n) is 6.03. The van der Waals surface area contributed by atoms with Crippen LogP contribution in [0.4, 0.5) is 0 Å². The number of ether oxygens (including phenoxy) is 1. The second kappa shape index (κ2) is 6.20. The Bertz CT molecular complexity index is 451. The number of hydrogen-bond acceptors (Lipinski definition) is 4. The van der Waals surface area contributed by atoms with Gasteiger partial charge in [-0.15, -0.1) is 0 Å². The maximum atomic E-state index is 6.04. The Hall–Kier alpha value is -0.970. The Kier molecular flexibility index (Phi) is 4.34. The van der Waals surface area contributed by atoms with Crippen LogP contribution in [-0.4, -0.2) is 55.8 Å². The number of aryl methyl sites for hydroxylation is 1. The van der Waals surface area contributed by atoms with Crippen LogP contribution in [0.2, 0.25) is 0 Å². The topological polar surface area (TPSA) is 37.4 Å². The third-order valence-electron chi connectivity index (χ3n) is 4.70. The van der Waals surface area contributed by atoms with Gasteiger partial charge in [0.25, 0.3) is 0 Å². The number of aromatic nitrogens is 1. The standard InChI is InChI=1S/C16H25N3O/c1-17-16(14-11-19(2)9-10-20-14)13-7-3-5-12-6-4-8-18-15(12)13/h4,6,8,13-14,16-17H,3,5,7,9-11H2,1-2H3. The van der Waals surface area contributed by atoms with Gasteiger partial charge in [0, 0.05) is 36.9 Å². The molecule has 2 heterocycles. The SMILES string of the molecule is CNC(C1CN(C)CCO1)C1CCCc2cccnc21. The van der Waals surface area contributed by atoms with Crippen LogP contribution >= 0.6 is 0 Å². The molecule has 1 aromatic rings. The molecule has 1 N–H and O–H groups in total. The zero-order chi connectivity index (χ0) is 13.9. The van der Waals surface area contributed by atoms with E-state index in [0.717, 1.165) is 19.7 Å². The van der Waals surface area contributed by atoms with E-state index in [-0.39, 0.29) is 6.10 Å². The van der Waals surface area contributed by atoms with Crippen molar-refractivity contribution >= 4 is 0 Å². The molecule has 1 aliphatic heterocycles. The minimum atomic E-state index is 0.261. The monoisotopic (exact) mass is 275 g/mol. The van der Waals surface area contributed by atoms with Crippen molar-refractivity contribution in [1.29, 1.82) is 0 Å². The van der Waals surface area contributed by atoms with Gasteiger partial charge in [0.2, 0.25) is 0 Å². The first kappa shape index (κ1) is 14.0. The fourth-order valence-electron chi connectivity index (χ4n) is 3.67. The van der Waals surface area contributed by atoms with Gasteiger partial charge >= 0.3 is 0 Å². The van der Waals surface area contributed by atoms with E-state index >= 15 is 0 Å². The van der Waals surface area contributed by atoms with Crippen molar-refractivity contribution in [2.24, 2.45) is 0 Å². The number of fused-ring (bicyclic) bond motifs is 1. The van der Waals surface area contributed by atoms with Gasteiger partial charge in [-0.2, -0.15) is 0 Å². The van der Waals surface area contributed by atoms with E-state index in [1.54, 1.807) is 0 Å². The fraction of sp³-hybridized carbons (Fsp3) is 0.688. The first-order valence-electron chi connectivity index (χ1n) is 7.71. The zero-order valence-electron chi connectivity index (χ0n) is 12.5. The summed E-state index contributed by atoms with van der Waals surface area (Å²) in [5.74, 6) is 0.474. The van der Waals surface area contributed by atoms with Crippen molar-refractivity contribution in [2.45, 2.75) is 37.3 Å². The van der Waals surface area contributed by atoms with E-state index in [1.165, 1.54) is 30.5 Å². The van der Waals surface area contributed by atoms with Gasteiger partial charge < -0.3 is 15.0 Å². The highest BCUT2D eigenvalue weighted by atomic mass is 16.5. The van der Waals surface area contributed by atoms with Crippen molar-refractivity contribution in [1.82, 2.24) is 15.2 Å². The molecule has 3 atom stereocenters. The third kappa shape index (κ3) is 2.73. The summed E-state index contributed by atoms with van der Waals surface area (Å²) < 4.78 is 6.04. The number of nitrogens with one attached hydrogen (secondary N) is 1. The number of hydrogen-bond donors (Lipinski definition) is 1. The lowest BCUT2D eigenvalue weighted by Crippen LogP contribution is -2.53. The molecule has 1 fully saturated rings. The molecule has 0 radical (unpaired) electrons. The molecule has 110 valence electrons. The third-order valence-corrected chi connectivity index (χ3v) is 4.70. The minimum Gasteiger partial charge on any atom is -0.374 e. The molecule has 2 aliphatic rings. The minimum absolute atomic E-state index is 0.261. The summed E-state index contributed by atoms with van der Waals surface area (Å²) in [6.07, 6.45) is 5.82. The Morgan fingerprint density at radius 2 is 2.40 bits per heavy atom. The number of morpholine rings is 1. The molecule has 0 bridgehead atoms. The van der Waals surface area contributed by atoms with Gasteiger partial charge in [-0.25, -0.2) is 0 Å². The van der Waals surface area contributed by atoms with Gasteiger partial charge in [0.15, 0.2) is 0 Å². The van der Waals surface area contributed by atoms with Crippen LogP contribution in [0, 0.1) is 0 Å². The Balaban J connectivity index is 1.83. The van der Waals surface area contributed by atoms with E-state index in [9.17, 15) is 0 Å². The van der Waals surface area contributed by atoms with Gasteiger partial charge in [0.1, 0.15) is 0 Å². The predicted molar refractivity (Wildman–Crippen MR) is 80.0 cm³/mol. The lowest BCUT2D eigenvalue weighted by molar-refractivity contribution is -0.0432. The molecule has 0 saturated carbocycles. The molecule has 20 heavy (non-hydrogen) atoms. The lowest BCUT2D eigenvalue weighted by Gasteiger charge is -2.40. The molecule has 1 aromatic heterocycles. The van der Waals surface area contributed by atoms with Gasteiger partial charge in [-0.05, 0) is 45.0 Å². The molecular formula is C16H25N3O. The maximum Gasteiger partial charge on any atom is 0.0861 e. The van der Waals surface area contributed by atoms with E-state index < -0.39 is 0 Å². The molecular weight excluding hydrogens is 250 g/mol. The van der Waals surface area contributed by atoms with Gasteiger partial charge in [0.05, 0.1) is 12.7 Å². The molecule has 3 rings (SSSR count). The Morgan fingerprint density at radius 3 is 3.20 bits per heavy atom. The second-order valence-corrected chi connectivity index (χ2v) is 6.03. The summed E-state index contributed by atoms with van der Waals surface area (Å²) in [4.78, 5) is 7.04. The van der Waals surface area contributed by atoms with Crippen molar-refractivity contribution in [3.63, 3.8) is 0 Å². The van der Waals surface area contributed by atoms with E-state index in [2.05, 4.69) is 41.4 Å². The van der Waals surface area contributed by atoms with Crippen molar-refractivity contribution in [3.8, 4) is 0 Å². The van der Waals surface area contributed by atoms with Crippen LogP contribution in [-0.2, 0) is 11.2 Å². The van der Waals surface area contributed by atoms with Gasteiger partial charge in [-0.3, -0.25) is 4.98 Å². The largest absolute Gasteiger partial charge is 0.374 e. The first-order chi connectivity index (χ1) is 9.79. The first-order valence-corrected chi connectivity index (χ1v) is 7.71. The summed E-state index contributed by atoms with van der Waals surface area (Å²) in [5, 5.41) is 3.51. The highest BCUT2D eigenvalue weighted by Crippen LogP contribution is 2.34. The predicted octanol–water partition coefficient (Wildman–Crippen LogP) is 1.42. The lowest BCUT2D eigenvalue weighted by atomic mass is 9.80. The molecule has 3 unspecified atom stereocenters. The molecule has 1 aliphatic carbocycles. The molecule has 4 nitrogen and oxygen atoms in total. The average Bonchev–Trinajstić information content (AvgIpc) is 2.48. The quantitative estimate of drug-likeness (QED) is 0.905. The number of pyridine rings is 1. The molecule has 0 aromatic carbocycles. The van der Waals surface area contributed by atoms with Crippen molar-refractivity contribution in [2.75, 3.05) is 33.8 Å². The van der Waals surface area contributed by atoms with E-state index in [1.807, 2.05) is 6.20 Å². The molecule has 4 heteroatoms. The van der Waals surface area contributed by atoms with Crippen LogP contribution in [0.3, 0.4) is 0 Å². The fourth-order valence-corrected chi connectivity index (χ4v) is 3.67. The van der Waals surface area contributed by atoms with E-state index in [4.69, 9.17) is 4.74 Å². The highest BCUT2D eigenvalue weighted by Gasteiger charge is 2.35. The summed E-state index contributed by atoms with van der Waals surface area (Å²) in [7, 11) is 4.23. The number of rotatable bonds is 3. The number of nitrogens with zero attached hydrogens (tertiary/aromatic N) is 2. The van der Waals surface area contributed by atoms with Crippen molar-refractivity contribution in [3.05, 3.63) is 29.6 Å². The zero-order valence-corrected chi connectivity index (χ0v) is 12.5. The normalized spacial score (nSPS) is 28.9. The summed E-state index contributed by atoms with van der Waals surface area (Å²) in [6, 6.07) is 4.64. The maximum absolute atomic E-state index is 6.04. The smallest absolute Gasteiger partial charge is 0.0861 e. The van der Waals surface area contributed by atoms with Crippen LogP contribution in [0.1, 0.15) is 30.0 Å². The number of likely N-dealkylation sites (N-methyl/N-ethyl adjacent to an activating group) is 2. The van der Waals surface area contributed by atoms with Crippen LogP contribution in [0.15, 0.2) is 18.3 Å². The summed E-state index contributed by atoms with van der Waals surface area (Å²) >= 11 is 0. The van der Waals surface area contributed by atoms with Gasteiger partial charge in [-0.1, -0.05) is 6.07 Å². The summed E-state index contributed by atoms with van der Waals surface area (Å²) in [5.41, 5.74) is 2.71. The van der Waals surface area contributed by atoms with Crippen LogP contribution < -0.4 is 5.32 Å². The van der Waals surface area contributed by atoms with E-state index in [0.29, 0.717) is 12.0 Å². The Labute approximate surface area is 121 Å².